The zero-order valence-corrected chi connectivity index (χ0v) is 44.7. The van der Waals surface area contributed by atoms with Crippen LogP contribution in [0, 0.1) is 0 Å². The summed E-state index contributed by atoms with van der Waals surface area (Å²) < 4.78 is 16.7. The van der Waals surface area contributed by atoms with Gasteiger partial charge < -0.3 is 14.2 Å². The van der Waals surface area contributed by atoms with Crippen molar-refractivity contribution >= 4 is 17.9 Å². The molecule has 1 unspecified atom stereocenters. The Morgan fingerprint density at radius 3 is 0.851 bits per heavy atom. The molecule has 6 nitrogen and oxygen atoms in total. The van der Waals surface area contributed by atoms with E-state index in [9.17, 15) is 14.4 Å². The first-order chi connectivity index (χ1) is 33.0. The van der Waals surface area contributed by atoms with E-state index < -0.39 is 6.10 Å². The highest BCUT2D eigenvalue weighted by Crippen LogP contribution is 2.16. The van der Waals surface area contributed by atoms with Crippen LogP contribution in [-0.4, -0.2) is 37.2 Å². The molecule has 0 aromatic rings. The van der Waals surface area contributed by atoms with Crippen molar-refractivity contribution < 1.29 is 28.6 Å². The standard InChI is InChI=1S/C61H110O6/c1-4-7-10-13-15-17-19-21-23-25-26-27-28-29-30-31-32-33-34-36-37-39-41-43-45-48-51-54-60(63)66-57-58(56-65-59(62)53-50-47-12-9-6-3)67-61(64)55-52-49-46-44-42-40-38-35-24-22-20-18-16-14-11-8-5-2/h16,18-19,21-22,24-26,58H,4-15,17,20,23,27-57H2,1-3H3/b18-16-,21-19-,24-22-,26-25-. The van der Waals surface area contributed by atoms with E-state index in [2.05, 4.69) is 69.4 Å². The van der Waals surface area contributed by atoms with E-state index in [-0.39, 0.29) is 31.1 Å². The van der Waals surface area contributed by atoms with Gasteiger partial charge in [-0.3, -0.25) is 14.4 Å². The van der Waals surface area contributed by atoms with Crippen molar-refractivity contribution in [2.75, 3.05) is 13.2 Å². The first-order valence-corrected chi connectivity index (χ1v) is 29.1. The Labute approximate surface area is 416 Å². The predicted octanol–water partition coefficient (Wildman–Crippen LogP) is 19.4. The third-order valence-electron chi connectivity index (χ3n) is 12.8. The molecule has 67 heavy (non-hydrogen) atoms. The average Bonchev–Trinajstić information content (AvgIpc) is 3.33. The summed E-state index contributed by atoms with van der Waals surface area (Å²) in [6.07, 6.45) is 68.7. The summed E-state index contributed by atoms with van der Waals surface area (Å²) >= 11 is 0. The third-order valence-corrected chi connectivity index (χ3v) is 12.8. The molecule has 1 atom stereocenters. The highest BCUT2D eigenvalue weighted by atomic mass is 16.6. The number of esters is 3. The van der Waals surface area contributed by atoms with Crippen molar-refractivity contribution in [1.29, 1.82) is 0 Å². The molecule has 0 aromatic heterocycles. The number of unbranched alkanes of at least 4 members (excludes halogenated alkanes) is 34. The minimum atomic E-state index is -0.772. The molecule has 0 aliphatic rings. The second-order valence-electron chi connectivity index (χ2n) is 19.6. The number of allylic oxidation sites excluding steroid dienone is 8. The monoisotopic (exact) mass is 939 g/mol. The number of carbonyl (C=O) groups is 3. The van der Waals surface area contributed by atoms with Gasteiger partial charge in [0, 0.05) is 19.3 Å². The summed E-state index contributed by atoms with van der Waals surface area (Å²) in [6, 6.07) is 0. The molecule has 0 amide bonds. The molecule has 0 heterocycles. The molecule has 0 bridgehead atoms. The Hall–Kier alpha value is -2.63. The van der Waals surface area contributed by atoms with Crippen molar-refractivity contribution in [2.45, 2.75) is 309 Å². The second-order valence-corrected chi connectivity index (χ2v) is 19.6. The second kappa shape index (κ2) is 56.0. The van der Waals surface area contributed by atoms with E-state index in [1.165, 1.54) is 180 Å². The van der Waals surface area contributed by atoms with Crippen LogP contribution in [0.1, 0.15) is 303 Å². The minimum Gasteiger partial charge on any atom is -0.462 e. The lowest BCUT2D eigenvalue weighted by molar-refractivity contribution is -0.167. The lowest BCUT2D eigenvalue weighted by Crippen LogP contribution is -2.30. The SMILES string of the molecule is CCCCC/C=C\C/C=C\CCCCCCCCCC(=O)OC(COC(=O)CCCCCCC)COC(=O)CCCCCCCCCCCCCCCCC/C=C\C/C=C\CCCCCCC. The fourth-order valence-electron chi connectivity index (χ4n) is 8.39. The van der Waals surface area contributed by atoms with Crippen molar-refractivity contribution in [3.63, 3.8) is 0 Å². The van der Waals surface area contributed by atoms with Gasteiger partial charge in [-0.1, -0.05) is 249 Å². The van der Waals surface area contributed by atoms with Gasteiger partial charge in [0.1, 0.15) is 13.2 Å². The molecule has 0 aliphatic carbocycles. The van der Waals surface area contributed by atoms with Crippen LogP contribution >= 0.6 is 0 Å². The van der Waals surface area contributed by atoms with Gasteiger partial charge in [0.15, 0.2) is 6.10 Å². The summed E-state index contributed by atoms with van der Waals surface area (Å²) in [6.45, 7) is 6.54. The third kappa shape index (κ3) is 54.2. The predicted molar refractivity (Wildman–Crippen MR) is 289 cm³/mol. The smallest absolute Gasteiger partial charge is 0.306 e. The first kappa shape index (κ1) is 64.4. The summed E-state index contributed by atoms with van der Waals surface area (Å²) in [5.41, 5.74) is 0. The Kier molecular flexibility index (Phi) is 53.8. The van der Waals surface area contributed by atoms with Gasteiger partial charge in [0.05, 0.1) is 0 Å². The van der Waals surface area contributed by atoms with Gasteiger partial charge in [0.25, 0.3) is 0 Å². The Bertz CT molecular complexity index is 1170. The lowest BCUT2D eigenvalue weighted by Gasteiger charge is -2.18. The number of carbonyl (C=O) groups excluding carboxylic acids is 3. The zero-order chi connectivity index (χ0) is 48.6. The number of rotatable bonds is 53. The van der Waals surface area contributed by atoms with E-state index in [1.807, 2.05) is 0 Å². The number of hydrogen-bond acceptors (Lipinski definition) is 6. The summed E-state index contributed by atoms with van der Waals surface area (Å²) in [5, 5.41) is 0. The molecule has 0 saturated carbocycles. The molecule has 390 valence electrons. The highest BCUT2D eigenvalue weighted by molar-refractivity contribution is 5.71. The van der Waals surface area contributed by atoms with Gasteiger partial charge >= 0.3 is 17.9 Å². The maximum atomic E-state index is 12.8. The quantitative estimate of drug-likeness (QED) is 0.0262. The molecular formula is C61H110O6. The topological polar surface area (TPSA) is 78.9 Å². The molecule has 0 aliphatic heterocycles. The van der Waals surface area contributed by atoms with Crippen LogP contribution in [0.3, 0.4) is 0 Å². The van der Waals surface area contributed by atoms with Crippen molar-refractivity contribution in [1.82, 2.24) is 0 Å². The van der Waals surface area contributed by atoms with Crippen LogP contribution in [0.2, 0.25) is 0 Å². The Morgan fingerprint density at radius 1 is 0.299 bits per heavy atom. The lowest BCUT2D eigenvalue weighted by atomic mass is 10.0. The van der Waals surface area contributed by atoms with Gasteiger partial charge in [0.2, 0.25) is 0 Å². The number of hydrogen-bond donors (Lipinski definition) is 0. The molecule has 0 radical (unpaired) electrons. The molecular weight excluding hydrogens is 829 g/mol. The van der Waals surface area contributed by atoms with Crippen molar-refractivity contribution in [3.8, 4) is 0 Å². The van der Waals surface area contributed by atoms with Crippen LogP contribution < -0.4 is 0 Å². The van der Waals surface area contributed by atoms with Gasteiger partial charge in [-0.2, -0.15) is 0 Å². The molecule has 0 rings (SSSR count). The Balaban J connectivity index is 4.02. The normalized spacial score (nSPS) is 12.3. The highest BCUT2D eigenvalue weighted by Gasteiger charge is 2.19. The molecule has 0 fully saturated rings. The van der Waals surface area contributed by atoms with E-state index in [1.54, 1.807) is 0 Å². The van der Waals surface area contributed by atoms with Gasteiger partial charge in [-0.25, -0.2) is 0 Å². The average molecular weight is 940 g/mol. The fourth-order valence-corrected chi connectivity index (χ4v) is 8.39. The molecule has 0 saturated heterocycles. The van der Waals surface area contributed by atoms with Crippen molar-refractivity contribution in [3.05, 3.63) is 48.6 Å². The Morgan fingerprint density at radius 2 is 0.537 bits per heavy atom. The van der Waals surface area contributed by atoms with Gasteiger partial charge in [-0.05, 0) is 83.5 Å². The van der Waals surface area contributed by atoms with E-state index in [0.717, 1.165) is 83.5 Å². The van der Waals surface area contributed by atoms with Crippen LogP contribution in [0.4, 0.5) is 0 Å². The minimum absolute atomic E-state index is 0.0745. The van der Waals surface area contributed by atoms with E-state index in [4.69, 9.17) is 14.2 Å². The van der Waals surface area contributed by atoms with Crippen LogP contribution in [-0.2, 0) is 28.6 Å². The van der Waals surface area contributed by atoms with Crippen molar-refractivity contribution in [2.24, 2.45) is 0 Å². The maximum absolute atomic E-state index is 12.8. The molecule has 0 spiro atoms. The molecule has 0 N–H and O–H groups in total. The van der Waals surface area contributed by atoms with E-state index in [0.29, 0.717) is 19.3 Å². The summed E-state index contributed by atoms with van der Waals surface area (Å²) in [4.78, 5) is 37.8. The van der Waals surface area contributed by atoms with Crippen LogP contribution in [0.5, 0.6) is 0 Å². The summed E-state index contributed by atoms with van der Waals surface area (Å²) in [5.74, 6) is -0.885. The zero-order valence-electron chi connectivity index (χ0n) is 44.7. The largest absolute Gasteiger partial charge is 0.462 e. The van der Waals surface area contributed by atoms with E-state index >= 15 is 0 Å². The van der Waals surface area contributed by atoms with Crippen LogP contribution in [0.25, 0.3) is 0 Å². The van der Waals surface area contributed by atoms with Gasteiger partial charge in [-0.15, -0.1) is 0 Å². The molecule has 0 aromatic carbocycles. The first-order valence-electron chi connectivity index (χ1n) is 29.1. The molecule has 6 heteroatoms. The van der Waals surface area contributed by atoms with Crippen LogP contribution in [0.15, 0.2) is 48.6 Å². The summed E-state index contributed by atoms with van der Waals surface area (Å²) in [7, 11) is 0. The maximum Gasteiger partial charge on any atom is 0.306 e. The number of ether oxygens (including phenoxy) is 3. The fraction of sp³-hybridized carbons (Fsp3) is 0.820.